The summed E-state index contributed by atoms with van der Waals surface area (Å²) in [7, 11) is 6.18. The summed E-state index contributed by atoms with van der Waals surface area (Å²) < 4.78 is 0.666. The van der Waals surface area contributed by atoms with E-state index in [0.717, 1.165) is 11.7 Å². The Bertz CT molecular complexity index is 268. The van der Waals surface area contributed by atoms with Gasteiger partial charge in [0.2, 0.25) is 0 Å². The molecule has 1 rings (SSSR count). The predicted octanol–water partition coefficient (Wildman–Crippen LogP) is -1.46. The monoisotopic (exact) mass is 233 g/mol. The standard InChI is InChI=1S/C9H16N3S.ClH/c1-12(2,3)9-10-5-8(6-11-9)7-13-4;/h5-6H,7H2,1-4H3;1H/q+1;/p-1. The lowest BCUT2D eigenvalue weighted by molar-refractivity contribution is -0.00000314. The van der Waals surface area contributed by atoms with E-state index in [9.17, 15) is 0 Å². The lowest BCUT2D eigenvalue weighted by atomic mass is 10.4. The van der Waals surface area contributed by atoms with Gasteiger partial charge in [-0.25, -0.2) is 0 Å². The van der Waals surface area contributed by atoms with Gasteiger partial charge in [-0.3, -0.25) is 4.48 Å². The van der Waals surface area contributed by atoms with Gasteiger partial charge in [0.1, 0.15) is 0 Å². The van der Waals surface area contributed by atoms with Crippen LogP contribution in [0.25, 0.3) is 0 Å². The van der Waals surface area contributed by atoms with Gasteiger partial charge in [0.25, 0.3) is 0 Å². The van der Waals surface area contributed by atoms with Crippen LogP contribution in [0.5, 0.6) is 0 Å². The first-order valence-electron chi connectivity index (χ1n) is 4.16. The lowest BCUT2D eigenvalue weighted by Gasteiger charge is -2.19. The maximum Gasteiger partial charge on any atom is 0.328 e. The number of thioether (sulfide) groups is 1. The number of hydrogen-bond acceptors (Lipinski definition) is 3. The quantitative estimate of drug-likeness (QED) is 0.597. The van der Waals surface area contributed by atoms with Gasteiger partial charge in [-0.1, -0.05) is 0 Å². The second-order valence-electron chi connectivity index (χ2n) is 3.84. The largest absolute Gasteiger partial charge is 1.00 e. The predicted molar refractivity (Wildman–Crippen MR) is 58.8 cm³/mol. The number of quaternary nitrogens is 1. The molecular formula is C9H16ClN3S. The zero-order valence-electron chi connectivity index (χ0n) is 8.99. The van der Waals surface area contributed by atoms with E-state index in [1.807, 2.05) is 12.4 Å². The van der Waals surface area contributed by atoms with Crippen LogP contribution in [-0.2, 0) is 5.75 Å². The fraction of sp³-hybridized carbons (Fsp3) is 0.556. The Kier molecular flexibility index (Phi) is 5.41. The summed E-state index contributed by atoms with van der Waals surface area (Å²) in [5, 5.41) is 0. The average molecular weight is 234 g/mol. The van der Waals surface area contributed by atoms with Gasteiger partial charge >= 0.3 is 5.95 Å². The first kappa shape index (κ1) is 13.7. The van der Waals surface area contributed by atoms with Crippen molar-refractivity contribution < 1.29 is 12.4 Å². The fourth-order valence-corrected chi connectivity index (χ4v) is 1.42. The van der Waals surface area contributed by atoms with Crippen molar-refractivity contribution in [1.29, 1.82) is 0 Å². The molecule has 0 saturated carbocycles. The molecule has 1 aromatic rings. The molecule has 0 aliphatic heterocycles. The molecule has 0 amide bonds. The summed E-state index contributed by atoms with van der Waals surface area (Å²) in [5.74, 6) is 1.84. The molecule has 0 atom stereocenters. The zero-order chi connectivity index (χ0) is 9.90. The number of aromatic nitrogens is 2. The van der Waals surface area contributed by atoms with E-state index < -0.39 is 0 Å². The Labute approximate surface area is 95.9 Å². The zero-order valence-corrected chi connectivity index (χ0v) is 10.6. The SMILES string of the molecule is CSCc1cnc([N+](C)(C)C)nc1.[Cl-]. The molecule has 0 spiro atoms. The summed E-state index contributed by atoms with van der Waals surface area (Å²) in [5.41, 5.74) is 1.18. The molecule has 1 heterocycles. The molecule has 0 aliphatic rings. The minimum atomic E-state index is 0. The van der Waals surface area contributed by atoms with E-state index in [4.69, 9.17) is 0 Å². The minimum Gasteiger partial charge on any atom is -1.00 e. The van der Waals surface area contributed by atoms with Crippen molar-refractivity contribution in [2.45, 2.75) is 5.75 Å². The number of nitrogens with zero attached hydrogens (tertiary/aromatic N) is 3. The molecule has 0 aliphatic carbocycles. The first-order valence-corrected chi connectivity index (χ1v) is 5.55. The van der Waals surface area contributed by atoms with Crippen LogP contribution in [0, 0.1) is 0 Å². The van der Waals surface area contributed by atoms with E-state index in [1.165, 1.54) is 5.56 Å². The third kappa shape index (κ3) is 3.82. The van der Waals surface area contributed by atoms with Crippen molar-refractivity contribution >= 4 is 17.7 Å². The maximum atomic E-state index is 4.32. The molecule has 0 N–H and O–H groups in total. The van der Waals surface area contributed by atoms with Gasteiger partial charge < -0.3 is 12.4 Å². The summed E-state index contributed by atoms with van der Waals surface area (Å²) in [6.07, 6.45) is 5.89. The number of hydrogen-bond donors (Lipinski definition) is 0. The van der Waals surface area contributed by atoms with Crippen LogP contribution in [0.3, 0.4) is 0 Å². The van der Waals surface area contributed by atoms with Crippen molar-refractivity contribution in [3.63, 3.8) is 0 Å². The topological polar surface area (TPSA) is 25.8 Å². The summed E-state index contributed by atoms with van der Waals surface area (Å²) in [6.45, 7) is 0. The molecule has 3 nitrogen and oxygen atoms in total. The van der Waals surface area contributed by atoms with Crippen LogP contribution < -0.4 is 16.9 Å². The average Bonchev–Trinajstić information content (AvgIpc) is 2.04. The van der Waals surface area contributed by atoms with Crippen molar-refractivity contribution in [3.8, 4) is 0 Å². The molecule has 0 radical (unpaired) electrons. The highest BCUT2D eigenvalue weighted by molar-refractivity contribution is 7.97. The van der Waals surface area contributed by atoms with Crippen LogP contribution in [-0.4, -0.2) is 37.4 Å². The van der Waals surface area contributed by atoms with Crippen LogP contribution in [0.1, 0.15) is 5.56 Å². The van der Waals surface area contributed by atoms with Gasteiger partial charge in [-0.15, -0.1) is 0 Å². The second kappa shape index (κ2) is 5.53. The Balaban J connectivity index is 0.00000169. The maximum absolute atomic E-state index is 4.32. The second-order valence-corrected chi connectivity index (χ2v) is 4.70. The van der Waals surface area contributed by atoms with Crippen molar-refractivity contribution in [3.05, 3.63) is 18.0 Å². The van der Waals surface area contributed by atoms with Gasteiger partial charge in [-0.2, -0.15) is 21.7 Å². The molecule has 0 aromatic carbocycles. The molecular weight excluding hydrogens is 218 g/mol. The highest BCUT2D eigenvalue weighted by Crippen LogP contribution is 2.11. The summed E-state index contributed by atoms with van der Waals surface area (Å²) >= 11 is 1.78. The van der Waals surface area contributed by atoms with E-state index in [0.29, 0.717) is 4.48 Å². The van der Waals surface area contributed by atoms with Crippen LogP contribution in [0.2, 0.25) is 0 Å². The minimum absolute atomic E-state index is 0. The van der Waals surface area contributed by atoms with Crippen molar-refractivity contribution in [2.24, 2.45) is 0 Å². The van der Waals surface area contributed by atoms with E-state index in [-0.39, 0.29) is 12.4 Å². The third-order valence-corrected chi connectivity index (χ3v) is 2.22. The molecule has 5 heteroatoms. The molecule has 0 saturated heterocycles. The van der Waals surface area contributed by atoms with Gasteiger partial charge in [0.05, 0.1) is 21.1 Å². The Morgan fingerprint density at radius 3 is 2.07 bits per heavy atom. The highest BCUT2D eigenvalue weighted by atomic mass is 35.5. The van der Waals surface area contributed by atoms with E-state index in [2.05, 4.69) is 37.4 Å². The summed E-state index contributed by atoms with van der Waals surface area (Å²) in [4.78, 5) is 8.63. The molecule has 1 aromatic heterocycles. The molecule has 0 fully saturated rings. The van der Waals surface area contributed by atoms with Crippen molar-refractivity contribution in [1.82, 2.24) is 14.5 Å². The van der Waals surface area contributed by atoms with Gasteiger partial charge in [0, 0.05) is 18.1 Å². The molecule has 14 heavy (non-hydrogen) atoms. The normalized spacial score (nSPS) is 10.9. The fourth-order valence-electron chi connectivity index (χ4n) is 0.936. The van der Waals surface area contributed by atoms with Crippen LogP contribution >= 0.6 is 11.8 Å². The van der Waals surface area contributed by atoms with Crippen LogP contribution in [0.15, 0.2) is 12.4 Å². The number of halogens is 1. The van der Waals surface area contributed by atoms with E-state index >= 15 is 0 Å². The van der Waals surface area contributed by atoms with Crippen molar-refractivity contribution in [2.75, 3.05) is 27.4 Å². The molecule has 80 valence electrons. The van der Waals surface area contributed by atoms with E-state index in [1.54, 1.807) is 11.8 Å². The molecule has 0 bridgehead atoms. The van der Waals surface area contributed by atoms with Gasteiger partial charge in [-0.05, 0) is 11.8 Å². The van der Waals surface area contributed by atoms with Gasteiger partial charge in [0.15, 0.2) is 0 Å². The lowest BCUT2D eigenvalue weighted by Crippen LogP contribution is -3.00. The molecule has 0 unspecified atom stereocenters. The summed E-state index contributed by atoms with van der Waals surface area (Å²) in [6, 6.07) is 0. The Morgan fingerprint density at radius 1 is 1.21 bits per heavy atom. The first-order chi connectivity index (χ1) is 6.04. The third-order valence-electron chi connectivity index (χ3n) is 1.60. The smallest absolute Gasteiger partial charge is 0.328 e. The highest BCUT2D eigenvalue weighted by Gasteiger charge is 2.14. The Hall–Kier alpha value is -0.320. The number of rotatable bonds is 3. The van der Waals surface area contributed by atoms with Crippen LogP contribution in [0.4, 0.5) is 5.95 Å². The Morgan fingerprint density at radius 2 is 1.71 bits per heavy atom.